The summed E-state index contributed by atoms with van der Waals surface area (Å²) in [5.41, 5.74) is 1.09. The fraction of sp³-hybridized carbons (Fsp3) is 0.143. The molecule has 0 radical (unpaired) electrons. The molecular weight excluding hydrogens is 411 g/mol. The Kier molecular flexibility index (Phi) is 5.03. The first kappa shape index (κ1) is 18.2. The maximum Gasteiger partial charge on any atom is 0.466 e. The Balaban J connectivity index is 1.99. The Morgan fingerprint density at radius 2 is 2.04 bits per heavy atom. The quantitative estimate of drug-likeness (QED) is 0.603. The van der Waals surface area contributed by atoms with Crippen molar-refractivity contribution in [2.24, 2.45) is 5.16 Å². The van der Waals surface area contributed by atoms with E-state index in [-0.39, 0.29) is 24.6 Å². The number of nitrogens with zero attached hydrogens (tertiary/aromatic N) is 2. The van der Waals surface area contributed by atoms with Crippen LogP contribution in [0.4, 0.5) is 5.69 Å². The van der Waals surface area contributed by atoms with E-state index in [0.717, 1.165) is 11.3 Å². The van der Waals surface area contributed by atoms with E-state index < -0.39 is 10.4 Å². The third-order valence-electron chi connectivity index (χ3n) is 3.40. The van der Waals surface area contributed by atoms with E-state index in [1.807, 2.05) is 0 Å². The molecule has 7 nitrogen and oxygen atoms in total. The van der Waals surface area contributed by atoms with Crippen molar-refractivity contribution in [3.63, 3.8) is 0 Å². The Labute approximate surface area is 157 Å². The average Bonchev–Trinajstić information content (AvgIpc) is 2.93. The molecule has 0 spiro atoms. The van der Waals surface area contributed by atoms with E-state index in [1.54, 1.807) is 30.3 Å². The Hall–Kier alpha value is -1.65. The molecule has 11 heteroatoms. The zero-order valence-electron chi connectivity index (χ0n) is 12.3. The van der Waals surface area contributed by atoms with E-state index >= 15 is 0 Å². The molecule has 1 aliphatic rings. The molecule has 1 aliphatic heterocycles. The number of hydrogen-bond acceptors (Lipinski definition) is 6. The van der Waals surface area contributed by atoms with E-state index in [0.29, 0.717) is 25.5 Å². The normalized spacial score (nSPS) is 16.0. The first-order valence-corrected chi connectivity index (χ1v) is 9.79. The molecule has 0 atom stereocenters. The summed E-state index contributed by atoms with van der Waals surface area (Å²) in [7, 11) is -4.71. The van der Waals surface area contributed by atoms with Crippen LogP contribution in [0, 0.1) is 0 Å². The van der Waals surface area contributed by atoms with Crippen LogP contribution >= 0.6 is 34.5 Å². The summed E-state index contributed by atoms with van der Waals surface area (Å²) >= 11 is 13.3. The Morgan fingerprint density at radius 1 is 1.32 bits per heavy atom. The highest BCUT2D eigenvalue weighted by molar-refractivity contribution is 7.80. The van der Waals surface area contributed by atoms with Crippen LogP contribution < -0.4 is 4.90 Å². The molecule has 0 bridgehead atoms. The van der Waals surface area contributed by atoms with Gasteiger partial charge < -0.3 is 4.90 Å². The van der Waals surface area contributed by atoms with Gasteiger partial charge in [0.15, 0.2) is 0 Å². The molecule has 0 aliphatic carbocycles. The number of thiophene rings is 1. The molecule has 0 unspecified atom stereocenters. The summed E-state index contributed by atoms with van der Waals surface area (Å²) in [6, 6.07) is 8.24. The smallest absolute Gasteiger partial charge is 0.306 e. The lowest BCUT2D eigenvalue weighted by molar-refractivity contribution is 0.0987. The second kappa shape index (κ2) is 6.93. The summed E-state index contributed by atoms with van der Waals surface area (Å²) in [6.07, 6.45) is 0.218. The number of oxime groups is 1. The number of amides is 1. The predicted octanol–water partition coefficient (Wildman–Crippen LogP) is 3.63. The van der Waals surface area contributed by atoms with Crippen molar-refractivity contribution in [2.75, 3.05) is 11.4 Å². The van der Waals surface area contributed by atoms with Crippen molar-refractivity contribution in [3.05, 3.63) is 50.1 Å². The van der Waals surface area contributed by atoms with Crippen LogP contribution in [0.2, 0.25) is 9.36 Å². The minimum absolute atomic E-state index is 0.218. The van der Waals surface area contributed by atoms with Crippen LogP contribution in [0.5, 0.6) is 0 Å². The summed E-state index contributed by atoms with van der Waals surface area (Å²) in [5.74, 6) is -0.309. The fourth-order valence-corrected chi connectivity index (χ4v) is 4.01. The van der Waals surface area contributed by atoms with E-state index in [1.165, 1.54) is 4.90 Å². The molecule has 1 amide bonds. The van der Waals surface area contributed by atoms with Crippen LogP contribution in [0.15, 0.2) is 35.5 Å². The number of carbonyl (C=O) groups is 1. The molecule has 1 N–H and O–H groups in total. The predicted molar refractivity (Wildman–Crippen MR) is 96.2 cm³/mol. The molecular formula is C14H10Cl2N2O5S2. The van der Waals surface area contributed by atoms with Gasteiger partial charge in [-0.05, 0) is 18.2 Å². The number of carbonyl (C=O) groups excluding carboxylic acids is 1. The van der Waals surface area contributed by atoms with Crippen LogP contribution in [-0.4, -0.2) is 31.1 Å². The zero-order chi connectivity index (χ0) is 18.2. The lowest BCUT2D eigenvalue weighted by atomic mass is 10.1. The molecule has 1 aromatic carbocycles. The first-order valence-electron chi connectivity index (χ1n) is 6.85. The second-order valence-electron chi connectivity index (χ2n) is 4.99. The molecule has 0 saturated heterocycles. The van der Waals surface area contributed by atoms with Crippen LogP contribution in [0.25, 0.3) is 0 Å². The van der Waals surface area contributed by atoms with Crippen molar-refractivity contribution in [1.82, 2.24) is 0 Å². The molecule has 0 fully saturated rings. The van der Waals surface area contributed by atoms with E-state index in [9.17, 15) is 13.2 Å². The van der Waals surface area contributed by atoms with Crippen molar-refractivity contribution >= 4 is 62.2 Å². The fourth-order valence-electron chi connectivity index (χ4n) is 2.38. The van der Waals surface area contributed by atoms with Crippen LogP contribution in [-0.2, 0) is 14.7 Å². The van der Waals surface area contributed by atoms with Gasteiger partial charge in [-0.1, -0.05) is 40.5 Å². The molecule has 0 saturated carbocycles. The largest absolute Gasteiger partial charge is 0.466 e. The van der Waals surface area contributed by atoms with Gasteiger partial charge in [0.25, 0.3) is 5.91 Å². The Bertz CT molecular complexity index is 971. The average molecular weight is 421 g/mol. The minimum Gasteiger partial charge on any atom is -0.306 e. The van der Waals surface area contributed by atoms with Crippen LogP contribution in [0.1, 0.15) is 21.7 Å². The number of benzene rings is 1. The van der Waals surface area contributed by atoms with Crippen LogP contribution in [0.3, 0.4) is 0 Å². The highest BCUT2D eigenvalue weighted by Crippen LogP contribution is 2.39. The second-order valence-corrected chi connectivity index (χ2v) is 8.09. The summed E-state index contributed by atoms with van der Waals surface area (Å²) < 4.78 is 34.6. The molecule has 2 heterocycles. The Morgan fingerprint density at radius 3 is 2.72 bits per heavy atom. The maximum absolute atomic E-state index is 12.8. The third kappa shape index (κ3) is 3.96. The van der Waals surface area contributed by atoms with Gasteiger partial charge >= 0.3 is 10.4 Å². The molecule has 2 aromatic rings. The number of fused-ring (bicyclic) bond motifs is 1. The highest BCUT2D eigenvalue weighted by atomic mass is 35.5. The molecule has 1 aromatic heterocycles. The number of hydrogen-bond donors (Lipinski definition) is 1. The molecule has 25 heavy (non-hydrogen) atoms. The third-order valence-corrected chi connectivity index (χ3v) is 5.29. The lowest BCUT2D eigenvalue weighted by Crippen LogP contribution is -2.37. The van der Waals surface area contributed by atoms with Gasteiger partial charge in [-0.15, -0.1) is 11.3 Å². The van der Waals surface area contributed by atoms with Gasteiger partial charge in [-0.2, -0.15) is 8.42 Å². The SMILES string of the molecule is O=C(c1ccccc1Cl)N1CC/C(=N\OS(=O)(=O)O)c2sc(Cl)cc21. The molecule has 3 rings (SSSR count). The van der Waals surface area contributed by atoms with Crippen molar-refractivity contribution in [3.8, 4) is 0 Å². The highest BCUT2D eigenvalue weighted by Gasteiger charge is 2.30. The lowest BCUT2D eigenvalue weighted by Gasteiger charge is -2.27. The first-order chi connectivity index (χ1) is 11.8. The monoisotopic (exact) mass is 420 g/mol. The number of halogens is 2. The number of anilines is 1. The van der Waals surface area contributed by atoms with Gasteiger partial charge in [-0.3, -0.25) is 9.35 Å². The van der Waals surface area contributed by atoms with Gasteiger partial charge in [0.2, 0.25) is 0 Å². The summed E-state index contributed by atoms with van der Waals surface area (Å²) in [5, 5.41) is 3.78. The topological polar surface area (TPSA) is 96.3 Å². The van der Waals surface area contributed by atoms with Crippen molar-refractivity contribution < 1.29 is 22.0 Å². The summed E-state index contributed by atoms with van der Waals surface area (Å²) in [4.78, 5) is 14.8. The minimum atomic E-state index is -4.71. The number of rotatable bonds is 3. The van der Waals surface area contributed by atoms with Crippen molar-refractivity contribution in [1.29, 1.82) is 0 Å². The van der Waals surface area contributed by atoms with Gasteiger partial charge in [0.1, 0.15) is 5.71 Å². The summed E-state index contributed by atoms with van der Waals surface area (Å²) in [6.45, 7) is 0.220. The van der Waals surface area contributed by atoms with Crippen molar-refractivity contribution in [2.45, 2.75) is 6.42 Å². The van der Waals surface area contributed by atoms with E-state index in [4.69, 9.17) is 27.8 Å². The van der Waals surface area contributed by atoms with Gasteiger partial charge in [0, 0.05) is 13.0 Å². The van der Waals surface area contributed by atoms with Gasteiger partial charge in [-0.25, -0.2) is 4.28 Å². The van der Waals surface area contributed by atoms with E-state index in [2.05, 4.69) is 9.44 Å². The van der Waals surface area contributed by atoms with Gasteiger partial charge in [0.05, 0.1) is 25.5 Å². The standard InChI is InChI=1S/C14H10Cl2N2O5S2/c15-9-4-2-1-3-8(9)14(19)18-6-5-10(17-23-25(20,21)22)13-11(18)7-12(16)24-13/h1-4,7H,5-6H2,(H,20,21,22)/b17-10+. The maximum atomic E-state index is 12.8. The molecule has 132 valence electrons. The zero-order valence-corrected chi connectivity index (χ0v) is 15.5.